The average Bonchev–Trinajstić information content (AvgIpc) is 2.14. The van der Waals surface area contributed by atoms with Crippen LogP contribution in [0, 0.1) is 5.82 Å². The van der Waals surface area contributed by atoms with Gasteiger partial charge in [0.25, 0.3) is 0 Å². The van der Waals surface area contributed by atoms with Gasteiger partial charge in [0.05, 0.1) is 6.21 Å². The summed E-state index contributed by atoms with van der Waals surface area (Å²) in [6.07, 6.45) is 2.21. The van der Waals surface area contributed by atoms with Gasteiger partial charge in [-0.3, -0.25) is 5.43 Å². The van der Waals surface area contributed by atoms with E-state index in [9.17, 15) is 12.8 Å². The van der Waals surface area contributed by atoms with Crippen LogP contribution in [0.5, 0.6) is 0 Å². The number of halogens is 1. The molecule has 0 spiro atoms. The number of nitrogens with zero attached hydrogens (tertiary/aromatic N) is 1. The van der Waals surface area contributed by atoms with E-state index in [4.69, 9.17) is 5.73 Å². The van der Waals surface area contributed by atoms with Crippen LogP contribution in [0.2, 0.25) is 0 Å². The lowest BCUT2D eigenvalue weighted by Gasteiger charge is -2.01. The summed E-state index contributed by atoms with van der Waals surface area (Å²) in [5.74, 6) is -0.827. The number of hydrogen-bond acceptors (Lipinski definition) is 4. The second kappa shape index (κ2) is 5.19. The van der Waals surface area contributed by atoms with Crippen LogP contribution in [-0.4, -0.2) is 26.0 Å². The van der Waals surface area contributed by atoms with Gasteiger partial charge in [0.15, 0.2) is 14.9 Å². The summed E-state index contributed by atoms with van der Waals surface area (Å²) in [6, 6.07) is 3.65. The molecule has 0 aliphatic carbocycles. The molecule has 0 unspecified atom stereocenters. The maximum Gasteiger partial charge on any atom is 0.184 e. The minimum Gasteiger partial charge on any atom is -0.375 e. The van der Waals surface area contributed by atoms with Crippen LogP contribution in [0.3, 0.4) is 0 Å². The zero-order valence-electron chi connectivity index (χ0n) is 8.84. The molecule has 0 amide bonds. The minimum atomic E-state index is -3.56. The molecule has 1 aromatic carbocycles. The van der Waals surface area contributed by atoms with E-state index in [2.05, 4.69) is 22.7 Å². The molecule has 0 bridgehead atoms. The van der Waals surface area contributed by atoms with E-state index in [-0.39, 0.29) is 10.0 Å². The van der Waals surface area contributed by atoms with Crippen molar-refractivity contribution in [3.8, 4) is 0 Å². The molecule has 0 aliphatic rings. The van der Waals surface area contributed by atoms with Crippen LogP contribution in [-0.2, 0) is 9.84 Å². The van der Waals surface area contributed by atoms with E-state index >= 15 is 0 Å². The fourth-order valence-corrected chi connectivity index (χ4v) is 1.85. The van der Waals surface area contributed by atoms with Gasteiger partial charge in [0, 0.05) is 6.26 Å². The highest BCUT2D eigenvalue weighted by atomic mass is 32.2. The number of hydrogen-bond donors (Lipinski definition) is 2. The molecule has 0 aliphatic heterocycles. The lowest BCUT2D eigenvalue weighted by Crippen LogP contribution is -2.24. The van der Waals surface area contributed by atoms with Gasteiger partial charge in [-0.05, 0) is 29.9 Å². The van der Waals surface area contributed by atoms with Crippen LogP contribution < -0.4 is 11.2 Å². The largest absolute Gasteiger partial charge is 0.375 e. The Labute approximate surface area is 103 Å². The predicted molar refractivity (Wildman–Crippen MR) is 67.0 cm³/mol. The Balaban J connectivity index is 2.98. The number of hydrazone groups is 1. The third kappa shape index (κ3) is 4.08. The first-order chi connectivity index (χ1) is 7.80. The van der Waals surface area contributed by atoms with Crippen molar-refractivity contribution in [1.82, 2.24) is 5.43 Å². The fraction of sp³-hybridized carbons (Fsp3) is 0.111. The Hall–Kier alpha value is -1.54. The van der Waals surface area contributed by atoms with Crippen molar-refractivity contribution in [2.24, 2.45) is 10.8 Å². The molecule has 8 heteroatoms. The number of rotatable bonds is 3. The fourth-order valence-electron chi connectivity index (χ4n) is 1.07. The second-order valence-electron chi connectivity index (χ2n) is 3.20. The van der Waals surface area contributed by atoms with Crippen molar-refractivity contribution in [1.29, 1.82) is 0 Å². The number of benzene rings is 1. The van der Waals surface area contributed by atoms with Crippen LogP contribution in [0.25, 0.3) is 0 Å². The smallest absolute Gasteiger partial charge is 0.184 e. The van der Waals surface area contributed by atoms with E-state index in [1.807, 2.05) is 0 Å². The van der Waals surface area contributed by atoms with Gasteiger partial charge in [-0.15, -0.1) is 0 Å². The van der Waals surface area contributed by atoms with Crippen molar-refractivity contribution in [3.63, 3.8) is 0 Å². The zero-order valence-corrected chi connectivity index (χ0v) is 10.5. The highest BCUT2D eigenvalue weighted by molar-refractivity contribution is 7.90. The third-order valence-corrected chi connectivity index (χ3v) is 2.97. The molecule has 0 saturated carbocycles. The maximum absolute atomic E-state index is 13.4. The quantitative estimate of drug-likeness (QED) is 0.474. The highest BCUT2D eigenvalue weighted by Crippen LogP contribution is 2.14. The summed E-state index contributed by atoms with van der Waals surface area (Å²) in [6.45, 7) is 0. The molecule has 3 N–H and O–H groups in total. The van der Waals surface area contributed by atoms with E-state index < -0.39 is 15.7 Å². The standard InChI is InChI=1S/C9H10FN3O2S2/c1-17(14,15)8-3-2-6(4-7(8)10)5-12-13-9(11)16/h2-5H,1H3,(H3,11,13,16). The summed E-state index contributed by atoms with van der Waals surface area (Å²) < 4.78 is 35.7. The normalized spacial score (nSPS) is 11.6. The van der Waals surface area contributed by atoms with Gasteiger partial charge < -0.3 is 5.73 Å². The predicted octanol–water partition coefficient (Wildman–Crippen LogP) is 0.396. The van der Waals surface area contributed by atoms with Gasteiger partial charge in [-0.1, -0.05) is 6.07 Å². The van der Waals surface area contributed by atoms with E-state index in [0.29, 0.717) is 5.56 Å². The average molecular weight is 275 g/mol. The van der Waals surface area contributed by atoms with E-state index in [1.165, 1.54) is 18.3 Å². The van der Waals surface area contributed by atoms with Crippen molar-refractivity contribution in [3.05, 3.63) is 29.6 Å². The van der Waals surface area contributed by atoms with Gasteiger partial charge in [0.2, 0.25) is 0 Å². The van der Waals surface area contributed by atoms with Gasteiger partial charge in [0.1, 0.15) is 10.7 Å². The van der Waals surface area contributed by atoms with Crippen LogP contribution in [0.4, 0.5) is 4.39 Å². The van der Waals surface area contributed by atoms with Crippen molar-refractivity contribution < 1.29 is 12.8 Å². The minimum absolute atomic E-state index is 0.0190. The molecule has 92 valence electrons. The molecule has 0 atom stereocenters. The highest BCUT2D eigenvalue weighted by Gasteiger charge is 2.13. The third-order valence-electron chi connectivity index (χ3n) is 1.74. The van der Waals surface area contributed by atoms with Gasteiger partial charge in [-0.2, -0.15) is 5.10 Å². The van der Waals surface area contributed by atoms with Crippen molar-refractivity contribution >= 4 is 33.4 Å². The summed E-state index contributed by atoms with van der Waals surface area (Å²) in [5, 5.41) is 3.60. The molecule has 0 fully saturated rings. The molecule has 1 rings (SSSR count). The molecule has 1 aromatic rings. The number of nitrogens with two attached hydrogens (primary N) is 1. The zero-order chi connectivity index (χ0) is 13.1. The van der Waals surface area contributed by atoms with Gasteiger partial charge in [-0.25, -0.2) is 12.8 Å². The lowest BCUT2D eigenvalue weighted by atomic mass is 10.2. The molecular weight excluding hydrogens is 265 g/mol. The van der Waals surface area contributed by atoms with Crippen molar-refractivity contribution in [2.75, 3.05) is 6.26 Å². The van der Waals surface area contributed by atoms with E-state index in [0.717, 1.165) is 12.3 Å². The Bertz CT molecular complexity index is 570. The van der Waals surface area contributed by atoms with Crippen molar-refractivity contribution in [2.45, 2.75) is 4.90 Å². The summed E-state index contributed by atoms with van der Waals surface area (Å²) in [7, 11) is -3.56. The molecule has 5 nitrogen and oxygen atoms in total. The first-order valence-corrected chi connectivity index (χ1v) is 6.69. The Kier molecular flexibility index (Phi) is 4.13. The van der Waals surface area contributed by atoms with Crippen LogP contribution >= 0.6 is 12.2 Å². The molecular formula is C9H10FN3O2S2. The first-order valence-electron chi connectivity index (χ1n) is 4.39. The molecule has 0 saturated heterocycles. The van der Waals surface area contributed by atoms with E-state index in [1.54, 1.807) is 0 Å². The molecule has 17 heavy (non-hydrogen) atoms. The Morgan fingerprint density at radius 2 is 2.24 bits per heavy atom. The summed E-state index contributed by atoms with van der Waals surface area (Å²) >= 11 is 4.51. The number of sulfone groups is 1. The first kappa shape index (κ1) is 13.5. The SMILES string of the molecule is CS(=O)(=O)c1ccc(C=NNC(N)=S)cc1F. The molecule has 0 aromatic heterocycles. The van der Waals surface area contributed by atoms with Gasteiger partial charge >= 0.3 is 0 Å². The second-order valence-corrected chi connectivity index (χ2v) is 5.62. The Morgan fingerprint density at radius 3 is 2.71 bits per heavy atom. The van der Waals surface area contributed by atoms with Crippen LogP contribution in [0.1, 0.15) is 5.56 Å². The molecule has 0 heterocycles. The monoisotopic (exact) mass is 275 g/mol. The molecule has 0 radical (unpaired) electrons. The number of nitrogens with one attached hydrogen (secondary N) is 1. The number of thiocarbonyl (C=S) groups is 1. The maximum atomic E-state index is 13.4. The summed E-state index contributed by atoms with van der Waals surface area (Å²) in [5.41, 5.74) is 7.80. The Morgan fingerprint density at radius 1 is 1.59 bits per heavy atom. The topological polar surface area (TPSA) is 84.5 Å². The lowest BCUT2D eigenvalue weighted by molar-refractivity contribution is 0.570. The summed E-state index contributed by atoms with van der Waals surface area (Å²) in [4.78, 5) is -0.350. The van der Waals surface area contributed by atoms with Crippen LogP contribution in [0.15, 0.2) is 28.2 Å².